The fourth-order valence-electron chi connectivity index (χ4n) is 3.19. The third kappa shape index (κ3) is 3.67. The van der Waals surface area contributed by atoms with Crippen LogP contribution < -0.4 is 0 Å². The summed E-state index contributed by atoms with van der Waals surface area (Å²) in [5, 5.41) is 11.6. The van der Waals surface area contributed by atoms with E-state index >= 15 is 0 Å². The maximum atomic E-state index is 13.1. The van der Waals surface area contributed by atoms with Crippen molar-refractivity contribution < 1.29 is 4.39 Å². The molecule has 0 aliphatic heterocycles. The van der Waals surface area contributed by atoms with Gasteiger partial charge in [0, 0.05) is 29.4 Å². The van der Waals surface area contributed by atoms with E-state index in [1.807, 2.05) is 0 Å². The molecule has 136 valence electrons. The van der Waals surface area contributed by atoms with Gasteiger partial charge < -0.3 is 4.57 Å². The Morgan fingerprint density at radius 2 is 1.96 bits per heavy atom. The number of halogens is 1. The number of nitrogens with one attached hydrogen (secondary N) is 1. The summed E-state index contributed by atoms with van der Waals surface area (Å²) in [5.74, 6) is 0.418. The van der Waals surface area contributed by atoms with Crippen LogP contribution in [0.3, 0.4) is 0 Å². The minimum atomic E-state index is -0.258. The average molecular weight is 371 g/mol. The molecule has 0 bridgehead atoms. The highest BCUT2D eigenvalue weighted by atomic mass is 32.1. The molecule has 26 heavy (non-hydrogen) atoms. The molecule has 0 saturated heterocycles. The van der Waals surface area contributed by atoms with E-state index in [1.165, 1.54) is 17.8 Å². The van der Waals surface area contributed by atoms with Crippen LogP contribution in [0.5, 0.6) is 0 Å². The maximum Gasteiger partial charge on any atom is 0.216 e. The summed E-state index contributed by atoms with van der Waals surface area (Å²) in [7, 11) is 0. The molecule has 0 aliphatic rings. The van der Waals surface area contributed by atoms with E-state index in [0.717, 1.165) is 16.8 Å². The van der Waals surface area contributed by atoms with E-state index in [4.69, 9.17) is 12.2 Å². The SMILES string of the molecule is Cc1cc(/C=N\n2c(Cc3ccc(F)cc3)n[nH]c2=S)c(C)n1C(C)C. The first-order valence-electron chi connectivity index (χ1n) is 8.50. The molecule has 0 unspecified atom stereocenters. The van der Waals surface area contributed by atoms with E-state index in [-0.39, 0.29) is 5.82 Å². The van der Waals surface area contributed by atoms with Crippen LogP contribution in [0.25, 0.3) is 0 Å². The topological polar surface area (TPSA) is 50.9 Å². The monoisotopic (exact) mass is 371 g/mol. The third-order valence-electron chi connectivity index (χ3n) is 4.35. The van der Waals surface area contributed by atoms with Gasteiger partial charge in [0.05, 0.1) is 6.21 Å². The number of hydrogen-bond acceptors (Lipinski definition) is 3. The van der Waals surface area contributed by atoms with Crippen molar-refractivity contribution in [3.63, 3.8) is 0 Å². The van der Waals surface area contributed by atoms with Gasteiger partial charge in [-0.25, -0.2) is 4.39 Å². The molecule has 7 heteroatoms. The summed E-state index contributed by atoms with van der Waals surface area (Å²) < 4.78 is 17.4. The van der Waals surface area contributed by atoms with Gasteiger partial charge in [0.1, 0.15) is 5.82 Å². The molecule has 0 aliphatic carbocycles. The van der Waals surface area contributed by atoms with Gasteiger partial charge in [0.2, 0.25) is 4.77 Å². The Hall–Kier alpha value is -2.54. The fourth-order valence-corrected chi connectivity index (χ4v) is 3.39. The predicted molar refractivity (Wildman–Crippen MR) is 104 cm³/mol. The Bertz CT molecular complexity index is 992. The molecule has 3 aromatic rings. The van der Waals surface area contributed by atoms with Crippen molar-refractivity contribution in [2.45, 2.75) is 40.2 Å². The normalized spacial score (nSPS) is 11.8. The summed E-state index contributed by atoms with van der Waals surface area (Å²) in [4.78, 5) is 0. The first-order chi connectivity index (χ1) is 12.4. The molecule has 1 N–H and O–H groups in total. The fraction of sp³-hybridized carbons (Fsp3) is 0.316. The zero-order valence-electron chi connectivity index (χ0n) is 15.3. The van der Waals surface area contributed by atoms with Crippen molar-refractivity contribution in [3.05, 3.63) is 69.3 Å². The molecule has 0 atom stereocenters. The summed E-state index contributed by atoms with van der Waals surface area (Å²) in [6.45, 7) is 8.50. The first-order valence-corrected chi connectivity index (χ1v) is 8.91. The maximum absolute atomic E-state index is 13.1. The van der Waals surface area contributed by atoms with E-state index in [0.29, 0.717) is 23.1 Å². The Labute approximate surface area is 157 Å². The van der Waals surface area contributed by atoms with Gasteiger partial charge in [-0.15, -0.1) is 0 Å². The zero-order valence-corrected chi connectivity index (χ0v) is 16.1. The number of hydrogen-bond donors (Lipinski definition) is 1. The Morgan fingerprint density at radius 3 is 2.58 bits per heavy atom. The van der Waals surface area contributed by atoms with Crippen LogP contribution in [-0.4, -0.2) is 25.7 Å². The lowest BCUT2D eigenvalue weighted by Gasteiger charge is -2.13. The lowest BCUT2D eigenvalue weighted by atomic mass is 10.1. The van der Waals surface area contributed by atoms with Crippen LogP contribution >= 0.6 is 12.2 Å². The van der Waals surface area contributed by atoms with Gasteiger partial charge in [-0.1, -0.05) is 12.1 Å². The Morgan fingerprint density at radius 1 is 1.27 bits per heavy atom. The second kappa shape index (κ2) is 7.37. The second-order valence-corrected chi connectivity index (χ2v) is 6.98. The van der Waals surface area contributed by atoms with Crippen LogP contribution in [0.4, 0.5) is 4.39 Å². The highest BCUT2D eigenvalue weighted by molar-refractivity contribution is 7.71. The van der Waals surface area contributed by atoms with Crippen LogP contribution in [0.15, 0.2) is 35.4 Å². The predicted octanol–water partition coefficient (Wildman–Crippen LogP) is 4.55. The zero-order chi connectivity index (χ0) is 18.8. The quantitative estimate of drug-likeness (QED) is 0.528. The molecule has 1 aromatic carbocycles. The lowest BCUT2D eigenvalue weighted by molar-refractivity contribution is 0.574. The lowest BCUT2D eigenvalue weighted by Crippen LogP contribution is -2.05. The Balaban J connectivity index is 1.90. The highest BCUT2D eigenvalue weighted by Crippen LogP contribution is 2.19. The van der Waals surface area contributed by atoms with Crippen LogP contribution in [0, 0.1) is 24.4 Å². The van der Waals surface area contributed by atoms with Crippen molar-refractivity contribution in [3.8, 4) is 0 Å². The molecule has 5 nitrogen and oxygen atoms in total. The number of aryl methyl sites for hydroxylation is 1. The Kier molecular flexibility index (Phi) is 5.18. The largest absolute Gasteiger partial charge is 0.346 e. The molecular formula is C19H22FN5S. The number of nitrogens with zero attached hydrogens (tertiary/aromatic N) is 4. The van der Waals surface area contributed by atoms with E-state index in [2.05, 4.69) is 53.6 Å². The smallest absolute Gasteiger partial charge is 0.216 e. The molecular weight excluding hydrogens is 349 g/mol. The standard InChI is InChI=1S/C19H22FN5S/c1-12(2)24-13(3)9-16(14(24)4)11-21-25-18(22-23-19(25)26)10-15-5-7-17(20)8-6-15/h5-9,11-12H,10H2,1-4H3,(H,23,26)/b21-11-. The molecule has 0 amide bonds. The number of benzene rings is 1. The third-order valence-corrected chi connectivity index (χ3v) is 4.61. The van der Waals surface area contributed by atoms with Crippen molar-refractivity contribution in [2.75, 3.05) is 0 Å². The summed E-state index contributed by atoms with van der Waals surface area (Å²) >= 11 is 5.30. The molecule has 0 fully saturated rings. The molecule has 2 heterocycles. The van der Waals surface area contributed by atoms with Crippen molar-refractivity contribution in [1.82, 2.24) is 19.4 Å². The second-order valence-electron chi connectivity index (χ2n) is 6.59. The molecule has 3 rings (SSSR count). The molecule has 0 spiro atoms. The van der Waals surface area contributed by atoms with Crippen LogP contribution in [-0.2, 0) is 6.42 Å². The van der Waals surface area contributed by atoms with E-state index < -0.39 is 0 Å². The summed E-state index contributed by atoms with van der Waals surface area (Å²) in [6.07, 6.45) is 2.32. The van der Waals surface area contributed by atoms with Crippen molar-refractivity contribution >= 4 is 18.4 Å². The number of H-pyrrole nitrogens is 1. The van der Waals surface area contributed by atoms with E-state index in [1.54, 1.807) is 23.0 Å². The first kappa shape index (κ1) is 18.3. The minimum Gasteiger partial charge on any atom is -0.346 e. The van der Waals surface area contributed by atoms with Gasteiger partial charge in [-0.3, -0.25) is 5.10 Å². The van der Waals surface area contributed by atoms with Gasteiger partial charge in [-0.05, 0) is 63.7 Å². The van der Waals surface area contributed by atoms with E-state index in [9.17, 15) is 4.39 Å². The minimum absolute atomic E-state index is 0.258. The summed E-state index contributed by atoms with van der Waals surface area (Å²) in [6, 6.07) is 8.84. The van der Waals surface area contributed by atoms with Gasteiger partial charge in [-0.2, -0.15) is 14.9 Å². The molecule has 2 aromatic heterocycles. The number of rotatable bonds is 5. The number of aromatic amines is 1. The van der Waals surface area contributed by atoms with Gasteiger partial charge >= 0.3 is 0 Å². The average Bonchev–Trinajstić information content (AvgIpc) is 3.07. The van der Waals surface area contributed by atoms with Gasteiger partial charge in [0.25, 0.3) is 0 Å². The molecule has 0 radical (unpaired) electrons. The van der Waals surface area contributed by atoms with Crippen molar-refractivity contribution in [2.24, 2.45) is 5.10 Å². The molecule has 0 saturated carbocycles. The van der Waals surface area contributed by atoms with Crippen LogP contribution in [0.1, 0.15) is 48.2 Å². The van der Waals surface area contributed by atoms with Crippen molar-refractivity contribution in [1.29, 1.82) is 0 Å². The van der Waals surface area contributed by atoms with Gasteiger partial charge in [0.15, 0.2) is 5.82 Å². The number of aromatic nitrogens is 4. The highest BCUT2D eigenvalue weighted by Gasteiger charge is 2.11. The van der Waals surface area contributed by atoms with Crippen LogP contribution in [0.2, 0.25) is 0 Å². The summed E-state index contributed by atoms with van der Waals surface area (Å²) in [5.41, 5.74) is 4.35.